The van der Waals surface area contributed by atoms with Gasteiger partial charge in [-0.05, 0) is 36.6 Å². The van der Waals surface area contributed by atoms with Crippen LogP contribution in [0.15, 0.2) is 53.3 Å². The Morgan fingerprint density at radius 2 is 1.66 bits per heavy atom. The van der Waals surface area contributed by atoms with Crippen LogP contribution in [0.3, 0.4) is 0 Å². The summed E-state index contributed by atoms with van der Waals surface area (Å²) in [5.41, 5.74) is 1.61. The predicted octanol–water partition coefficient (Wildman–Crippen LogP) is 4.16. The van der Waals surface area contributed by atoms with Gasteiger partial charge < -0.3 is 10.6 Å². The third-order valence-corrected chi connectivity index (χ3v) is 5.61. The van der Waals surface area contributed by atoms with E-state index in [1.54, 1.807) is 16.8 Å². The molecule has 0 aliphatic heterocycles. The van der Waals surface area contributed by atoms with Gasteiger partial charge >= 0.3 is 6.03 Å². The topological polar surface area (TPSA) is 76.0 Å². The Kier molecular flexibility index (Phi) is 5.81. The minimum Gasteiger partial charge on any atom is -0.334 e. The molecule has 0 unspecified atom stereocenters. The molecule has 2 amide bonds. The summed E-state index contributed by atoms with van der Waals surface area (Å²) in [5.74, 6) is 0. The average molecular weight is 411 g/mol. The Bertz CT molecular complexity index is 1070. The van der Waals surface area contributed by atoms with Crippen molar-refractivity contribution in [2.75, 3.05) is 0 Å². The van der Waals surface area contributed by atoms with E-state index in [4.69, 9.17) is 11.6 Å². The molecule has 0 saturated heterocycles. The molecule has 1 aliphatic carbocycles. The van der Waals surface area contributed by atoms with E-state index in [0.29, 0.717) is 22.6 Å². The number of aromatic nitrogens is 2. The quantitative estimate of drug-likeness (QED) is 0.663. The van der Waals surface area contributed by atoms with Gasteiger partial charge in [0.25, 0.3) is 5.56 Å². The summed E-state index contributed by atoms with van der Waals surface area (Å²) in [6.45, 7) is 0.652. The van der Waals surface area contributed by atoms with Gasteiger partial charge in [-0.25, -0.2) is 9.48 Å². The molecule has 2 aromatic carbocycles. The molecule has 0 atom stereocenters. The summed E-state index contributed by atoms with van der Waals surface area (Å²) in [5, 5.41) is 12.4. The molecular weight excluding hydrogens is 388 g/mol. The van der Waals surface area contributed by atoms with Gasteiger partial charge in [0, 0.05) is 17.0 Å². The molecule has 0 spiro atoms. The van der Waals surface area contributed by atoms with Crippen LogP contribution in [0, 0.1) is 0 Å². The van der Waals surface area contributed by atoms with Crippen molar-refractivity contribution in [2.45, 2.75) is 44.8 Å². The smallest absolute Gasteiger partial charge is 0.315 e. The lowest BCUT2D eigenvalue weighted by Crippen LogP contribution is -2.36. The van der Waals surface area contributed by atoms with Crippen molar-refractivity contribution in [2.24, 2.45) is 0 Å². The Morgan fingerprint density at radius 1 is 1.00 bits per heavy atom. The van der Waals surface area contributed by atoms with E-state index in [1.807, 2.05) is 36.4 Å². The van der Waals surface area contributed by atoms with Crippen molar-refractivity contribution < 1.29 is 4.79 Å². The van der Waals surface area contributed by atoms with Crippen molar-refractivity contribution in [1.29, 1.82) is 0 Å². The summed E-state index contributed by atoms with van der Waals surface area (Å²) in [6, 6.07) is 14.6. The van der Waals surface area contributed by atoms with Crippen molar-refractivity contribution in [3.8, 4) is 0 Å². The highest BCUT2D eigenvalue weighted by Crippen LogP contribution is 2.28. The standard InChI is InChI=1S/C22H23ClN4O2/c23-16-11-9-15(10-12-16)13-24-22(29)25-14-20-18-7-3-4-8-19(18)21(28)27(26-20)17-5-1-2-6-17/h3-4,7-12,17H,1-2,5-6,13-14H2,(H2,24,25,29). The van der Waals surface area contributed by atoms with Crippen molar-refractivity contribution in [3.63, 3.8) is 0 Å². The van der Waals surface area contributed by atoms with E-state index in [2.05, 4.69) is 15.7 Å². The van der Waals surface area contributed by atoms with Gasteiger partial charge in [0.15, 0.2) is 0 Å². The molecule has 1 saturated carbocycles. The molecule has 1 aromatic heterocycles. The zero-order valence-corrected chi connectivity index (χ0v) is 16.8. The van der Waals surface area contributed by atoms with Gasteiger partial charge in [-0.1, -0.05) is 54.8 Å². The Labute approximate surface area is 173 Å². The zero-order valence-electron chi connectivity index (χ0n) is 16.0. The first-order valence-electron chi connectivity index (χ1n) is 9.88. The number of carbonyl (C=O) groups is 1. The number of benzene rings is 2. The normalized spacial score (nSPS) is 14.2. The molecular formula is C22H23ClN4O2. The van der Waals surface area contributed by atoms with E-state index < -0.39 is 0 Å². The highest BCUT2D eigenvalue weighted by Gasteiger charge is 2.21. The number of rotatable bonds is 5. The first-order chi connectivity index (χ1) is 14.1. The third kappa shape index (κ3) is 4.43. The number of nitrogens with one attached hydrogen (secondary N) is 2. The number of carbonyl (C=O) groups excluding carboxylic acids is 1. The molecule has 3 aromatic rings. The Morgan fingerprint density at radius 3 is 2.38 bits per heavy atom. The van der Waals surface area contributed by atoms with Crippen molar-refractivity contribution >= 4 is 28.4 Å². The minimum absolute atomic E-state index is 0.0524. The van der Waals surface area contributed by atoms with E-state index in [0.717, 1.165) is 36.6 Å². The number of nitrogens with zero attached hydrogens (tertiary/aromatic N) is 2. The second-order valence-corrected chi connectivity index (χ2v) is 7.78. The number of fused-ring (bicyclic) bond motifs is 1. The first kappa shape index (κ1) is 19.5. The number of hydrogen-bond donors (Lipinski definition) is 2. The van der Waals surface area contributed by atoms with Crippen LogP contribution in [0.2, 0.25) is 5.02 Å². The lowest BCUT2D eigenvalue weighted by Gasteiger charge is -2.16. The summed E-state index contributed by atoms with van der Waals surface area (Å²) in [4.78, 5) is 25.1. The van der Waals surface area contributed by atoms with Crippen molar-refractivity contribution in [1.82, 2.24) is 20.4 Å². The van der Waals surface area contributed by atoms with Gasteiger partial charge in [0.2, 0.25) is 0 Å². The molecule has 1 heterocycles. The summed E-state index contributed by atoms with van der Waals surface area (Å²) >= 11 is 5.88. The van der Waals surface area contributed by atoms with Crippen LogP contribution in [0.5, 0.6) is 0 Å². The lowest BCUT2D eigenvalue weighted by molar-refractivity contribution is 0.240. The molecule has 4 rings (SSSR count). The minimum atomic E-state index is -0.288. The summed E-state index contributed by atoms with van der Waals surface area (Å²) in [7, 11) is 0. The molecule has 0 radical (unpaired) electrons. The fourth-order valence-electron chi connectivity index (χ4n) is 3.81. The van der Waals surface area contributed by atoms with Crippen LogP contribution in [-0.4, -0.2) is 15.8 Å². The van der Waals surface area contributed by atoms with Crippen LogP contribution in [0.1, 0.15) is 43.0 Å². The largest absolute Gasteiger partial charge is 0.334 e. The second kappa shape index (κ2) is 8.66. The molecule has 29 heavy (non-hydrogen) atoms. The van der Waals surface area contributed by atoms with E-state index in [-0.39, 0.29) is 24.2 Å². The Balaban J connectivity index is 1.49. The lowest BCUT2D eigenvalue weighted by atomic mass is 10.1. The number of urea groups is 1. The highest BCUT2D eigenvalue weighted by molar-refractivity contribution is 6.30. The van der Waals surface area contributed by atoms with Crippen LogP contribution in [-0.2, 0) is 13.1 Å². The fourth-order valence-corrected chi connectivity index (χ4v) is 3.94. The highest BCUT2D eigenvalue weighted by atomic mass is 35.5. The second-order valence-electron chi connectivity index (χ2n) is 7.34. The van der Waals surface area contributed by atoms with E-state index >= 15 is 0 Å². The van der Waals surface area contributed by atoms with Gasteiger partial charge in [0.05, 0.1) is 23.7 Å². The Hall–Kier alpha value is -2.86. The summed E-state index contributed by atoms with van der Waals surface area (Å²) in [6.07, 6.45) is 4.18. The fraction of sp³-hybridized carbons (Fsp3) is 0.318. The predicted molar refractivity (Wildman–Crippen MR) is 114 cm³/mol. The molecule has 2 N–H and O–H groups in total. The van der Waals surface area contributed by atoms with Gasteiger partial charge in [-0.15, -0.1) is 0 Å². The molecule has 150 valence electrons. The SMILES string of the molecule is O=C(NCc1ccc(Cl)cc1)NCc1nn(C2CCCC2)c(=O)c2ccccc12. The van der Waals surface area contributed by atoms with Crippen LogP contribution >= 0.6 is 11.6 Å². The van der Waals surface area contributed by atoms with E-state index in [1.165, 1.54) is 0 Å². The maximum absolute atomic E-state index is 12.9. The maximum Gasteiger partial charge on any atom is 0.315 e. The van der Waals surface area contributed by atoms with E-state index in [9.17, 15) is 9.59 Å². The van der Waals surface area contributed by atoms with Crippen LogP contribution < -0.4 is 16.2 Å². The van der Waals surface area contributed by atoms with Crippen LogP contribution in [0.4, 0.5) is 4.79 Å². The number of amides is 2. The number of hydrogen-bond acceptors (Lipinski definition) is 3. The molecule has 0 bridgehead atoms. The molecule has 1 fully saturated rings. The molecule has 6 nitrogen and oxygen atoms in total. The first-order valence-corrected chi connectivity index (χ1v) is 10.3. The zero-order chi connectivity index (χ0) is 20.2. The van der Waals surface area contributed by atoms with Gasteiger partial charge in [-0.2, -0.15) is 5.10 Å². The van der Waals surface area contributed by atoms with Crippen molar-refractivity contribution in [3.05, 3.63) is 75.2 Å². The summed E-state index contributed by atoms with van der Waals surface area (Å²) < 4.78 is 1.62. The van der Waals surface area contributed by atoms with Gasteiger partial charge in [-0.3, -0.25) is 4.79 Å². The monoisotopic (exact) mass is 410 g/mol. The molecule has 7 heteroatoms. The number of halogens is 1. The van der Waals surface area contributed by atoms with Crippen LogP contribution in [0.25, 0.3) is 10.8 Å². The maximum atomic E-state index is 12.9. The third-order valence-electron chi connectivity index (χ3n) is 5.36. The van der Waals surface area contributed by atoms with Gasteiger partial charge in [0.1, 0.15) is 0 Å². The average Bonchev–Trinajstić information content (AvgIpc) is 3.28. The molecule has 1 aliphatic rings.